The molecule has 0 bridgehead atoms. The molecule has 37 heavy (non-hydrogen) atoms. The number of methoxy groups -OCH3 is 1. The van der Waals surface area contributed by atoms with Gasteiger partial charge >= 0.3 is 12.1 Å². The predicted molar refractivity (Wildman–Crippen MR) is 132 cm³/mol. The smallest absolute Gasteiger partial charge is 0.406 e. The summed E-state index contributed by atoms with van der Waals surface area (Å²) in [6.45, 7) is 2.71. The zero-order valence-electron chi connectivity index (χ0n) is 20.5. The lowest BCUT2D eigenvalue weighted by atomic mass is 10.1. The van der Waals surface area contributed by atoms with Crippen molar-refractivity contribution in [2.24, 2.45) is 7.05 Å². The molecule has 0 aliphatic carbocycles. The molecule has 0 fully saturated rings. The van der Waals surface area contributed by atoms with Crippen LogP contribution in [-0.4, -0.2) is 38.8 Å². The van der Waals surface area contributed by atoms with Gasteiger partial charge in [-0.05, 0) is 31.0 Å². The molecule has 4 rings (SSSR count). The van der Waals surface area contributed by atoms with Crippen LogP contribution < -0.4 is 21.3 Å². The van der Waals surface area contributed by atoms with Crippen LogP contribution in [0.4, 0.5) is 24.8 Å². The summed E-state index contributed by atoms with van der Waals surface area (Å²) in [4.78, 5) is 31.0. The molecule has 0 radical (unpaired) electrons. The molecular weight excluding hydrogens is 491 g/mol. The number of nitrogens with one attached hydrogen (secondary N) is 1. The Balaban J connectivity index is 1.85. The lowest BCUT2D eigenvalue weighted by Crippen LogP contribution is -2.40. The quantitative estimate of drug-likeness (QED) is 0.338. The van der Waals surface area contributed by atoms with Gasteiger partial charge in [0.15, 0.2) is 11.2 Å². The van der Waals surface area contributed by atoms with Gasteiger partial charge in [-0.2, -0.15) is 4.98 Å². The van der Waals surface area contributed by atoms with Crippen molar-refractivity contribution in [1.29, 1.82) is 0 Å². The first-order chi connectivity index (χ1) is 17.6. The van der Waals surface area contributed by atoms with Crippen LogP contribution in [0.25, 0.3) is 11.2 Å². The Morgan fingerprint density at radius 3 is 2.46 bits per heavy atom. The second-order valence-electron chi connectivity index (χ2n) is 8.52. The second-order valence-corrected chi connectivity index (χ2v) is 8.52. The number of anilines is 2. The minimum Gasteiger partial charge on any atom is -0.406 e. The zero-order valence-corrected chi connectivity index (χ0v) is 20.5. The molecule has 0 unspecified atom stereocenters. The summed E-state index contributed by atoms with van der Waals surface area (Å²) >= 11 is 0. The number of aryl methyl sites for hydroxylation is 2. The van der Waals surface area contributed by atoms with E-state index in [1.54, 1.807) is 10.6 Å². The van der Waals surface area contributed by atoms with Crippen LogP contribution in [0.2, 0.25) is 0 Å². The highest BCUT2D eigenvalue weighted by atomic mass is 19.4. The van der Waals surface area contributed by atoms with Crippen LogP contribution >= 0.6 is 0 Å². The highest BCUT2D eigenvalue weighted by Gasteiger charge is 2.31. The number of aromatic nitrogens is 4. The molecule has 12 heteroatoms. The Bertz CT molecular complexity index is 1520. The molecule has 0 saturated carbocycles. The molecule has 9 nitrogen and oxygen atoms in total. The van der Waals surface area contributed by atoms with E-state index in [2.05, 4.69) is 15.0 Å². The maximum atomic E-state index is 13.5. The standard InChI is InChI=1S/C25H26F3N5O4/c1-16-8-10-17(11-9-16)15-33-20-21(31(2)24(35)32(22(20)34)12-5-13-36-3)30-23(33)29-18-6-4-7-19(14-18)37-25(26,27)28/h4,6-11,14H,5,12-13,15H2,1-3H3,(H,29,30). The highest BCUT2D eigenvalue weighted by molar-refractivity contribution is 5.76. The third-order valence-electron chi connectivity index (χ3n) is 5.75. The largest absolute Gasteiger partial charge is 0.573 e. The number of hydrogen-bond donors (Lipinski definition) is 1. The molecule has 4 aromatic rings. The summed E-state index contributed by atoms with van der Waals surface area (Å²) in [6, 6.07) is 13.0. The van der Waals surface area contributed by atoms with Gasteiger partial charge in [-0.25, -0.2) is 4.79 Å². The lowest BCUT2D eigenvalue weighted by molar-refractivity contribution is -0.274. The van der Waals surface area contributed by atoms with Gasteiger partial charge < -0.3 is 14.8 Å². The van der Waals surface area contributed by atoms with Gasteiger partial charge in [-0.1, -0.05) is 35.9 Å². The van der Waals surface area contributed by atoms with Crippen molar-refractivity contribution in [3.8, 4) is 5.75 Å². The van der Waals surface area contributed by atoms with Crippen LogP contribution in [0.3, 0.4) is 0 Å². The van der Waals surface area contributed by atoms with E-state index in [-0.39, 0.29) is 35.9 Å². The number of hydrogen-bond acceptors (Lipinski definition) is 6. The van der Waals surface area contributed by atoms with Crippen molar-refractivity contribution < 1.29 is 22.6 Å². The number of halogens is 3. The van der Waals surface area contributed by atoms with Gasteiger partial charge in [0.1, 0.15) is 5.75 Å². The number of ether oxygens (including phenoxy) is 2. The minimum atomic E-state index is -4.84. The van der Waals surface area contributed by atoms with Crippen LogP contribution in [0.1, 0.15) is 17.5 Å². The van der Waals surface area contributed by atoms with E-state index in [9.17, 15) is 22.8 Å². The first kappa shape index (κ1) is 26.0. The van der Waals surface area contributed by atoms with Crippen molar-refractivity contribution in [2.75, 3.05) is 19.0 Å². The molecule has 2 heterocycles. The number of benzene rings is 2. The molecule has 0 amide bonds. The van der Waals surface area contributed by atoms with Gasteiger partial charge in [0, 0.05) is 39.1 Å². The normalized spacial score (nSPS) is 11.7. The molecule has 2 aromatic heterocycles. The van der Waals surface area contributed by atoms with Crippen molar-refractivity contribution in [3.63, 3.8) is 0 Å². The lowest BCUT2D eigenvalue weighted by Gasteiger charge is -2.13. The summed E-state index contributed by atoms with van der Waals surface area (Å²) in [5, 5.41) is 2.99. The Kier molecular flexibility index (Phi) is 7.39. The molecule has 2 aromatic carbocycles. The number of alkyl halides is 3. The summed E-state index contributed by atoms with van der Waals surface area (Å²) in [7, 11) is 3.05. The molecule has 0 atom stereocenters. The molecular formula is C25H26F3N5O4. The highest BCUT2D eigenvalue weighted by Crippen LogP contribution is 2.27. The summed E-state index contributed by atoms with van der Waals surface area (Å²) < 4.78 is 51.2. The molecule has 0 spiro atoms. The van der Waals surface area contributed by atoms with Crippen molar-refractivity contribution in [2.45, 2.75) is 32.8 Å². The van der Waals surface area contributed by atoms with Gasteiger partial charge in [0.25, 0.3) is 5.56 Å². The average molecular weight is 518 g/mol. The fourth-order valence-corrected chi connectivity index (χ4v) is 3.96. The maximum Gasteiger partial charge on any atom is 0.573 e. The van der Waals surface area contributed by atoms with E-state index >= 15 is 0 Å². The SMILES string of the molecule is COCCCn1c(=O)c2c(nc(Nc3cccc(OC(F)(F)F)c3)n2Cc2ccc(C)cc2)n(C)c1=O. The molecule has 0 aliphatic heterocycles. The van der Waals surface area contributed by atoms with Crippen LogP contribution in [0.15, 0.2) is 58.1 Å². The summed E-state index contributed by atoms with van der Waals surface area (Å²) in [5.74, 6) is -0.229. The van der Waals surface area contributed by atoms with Crippen molar-refractivity contribution >= 4 is 22.8 Å². The number of nitrogens with zero attached hydrogens (tertiary/aromatic N) is 4. The van der Waals surface area contributed by atoms with E-state index < -0.39 is 23.4 Å². The van der Waals surface area contributed by atoms with Gasteiger partial charge in [-0.15, -0.1) is 13.2 Å². The number of imidazole rings is 1. The molecule has 0 saturated heterocycles. The first-order valence-electron chi connectivity index (χ1n) is 11.4. The van der Waals surface area contributed by atoms with E-state index in [0.29, 0.717) is 13.0 Å². The summed E-state index contributed by atoms with van der Waals surface area (Å²) in [6.07, 6.45) is -4.39. The van der Waals surface area contributed by atoms with Crippen LogP contribution in [-0.2, 0) is 24.9 Å². The number of fused-ring (bicyclic) bond motifs is 1. The third-order valence-corrected chi connectivity index (χ3v) is 5.75. The Hall–Kier alpha value is -4.06. The fraction of sp³-hybridized carbons (Fsp3) is 0.320. The van der Waals surface area contributed by atoms with E-state index in [1.807, 2.05) is 31.2 Å². The molecule has 0 aliphatic rings. The topological polar surface area (TPSA) is 92.3 Å². The Morgan fingerprint density at radius 2 is 1.78 bits per heavy atom. The Morgan fingerprint density at radius 1 is 1.05 bits per heavy atom. The minimum absolute atomic E-state index is 0.148. The van der Waals surface area contributed by atoms with Crippen LogP contribution in [0.5, 0.6) is 5.75 Å². The van der Waals surface area contributed by atoms with E-state index in [4.69, 9.17) is 4.74 Å². The maximum absolute atomic E-state index is 13.5. The van der Waals surface area contributed by atoms with Gasteiger partial charge in [0.2, 0.25) is 5.95 Å². The predicted octanol–water partition coefficient (Wildman–Crippen LogP) is 3.93. The number of rotatable bonds is 9. The van der Waals surface area contributed by atoms with E-state index in [0.717, 1.165) is 15.7 Å². The van der Waals surface area contributed by atoms with Gasteiger partial charge in [0.05, 0.1) is 6.54 Å². The van der Waals surface area contributed by atoms with Crippen molar-refractivity contribution in [3.05, 3.63) is 80.5 Å². The molecule has 196 valence electrons. The monoisotopic (exact) mass is 517 g/mol. The summed E-state index contributed by atoms with van der Waals surface area (Å²) in [5.41, 5.74) is 1.47. The first-order valence-corrected chi connectivity index (χ1v) is 11.4. The average Bonchev–Trinajstić information content (AvgIpc) is 3.18. The zero-order chi connectivity index (χ0) is 26.7. The van der Waals surface area contributed by atoms with Gasteiger partial charge in [-0.3, -0.25) is 18.5 Å². The third kappa shape index (κ3) is 5.85. The van der Waals surface area contributed by atoms with E-state index in [1.165, 1.54) is 36.9 Å². The van der Waals surface area contributed by atoms with Crippen LogP contribution in [0, 0.1) is 6.92 Å². The fourth-order valence-electron chi connectivity index (χ4n) is 3.96. The Labute approximate surface area is 209 Å². The second kappa shape index (κ2) is 10.5. The van der Waals surface area contributed by atoms with Crippen molar-refractivity contribution in [1.82, 2.24) is 18.7 Å². The molecule has 1 N–H and O–H groups in total.